The summed E-state index contributed by atoms with van der Waals surface area (Å²) in [4.78, 5) is 7.95. The van der Waals surface area contributed by atoms with Crippen molar-refractivity contribution in [3.05, 3.63) is 71.4 Å². The van der Waals surface area contributed by atoms with Crippen LogP contribution in [0.1, 0.15) is 49.3 Å². The van der Waals surface area contributed by atoms with E-state index in [1.54, 1.807) is 18.2 Å². The number of anilines is 4. The molecule has 0 radical (unpaired) electrons. The van der Waals surface area contributed by atoms with Gasteiger partial charge in [0.1, 0.15) is 11.4 Å². The van der Waals surface area contributed by atoms with Gasteiger partial charge in [0.25, 0.3) is 0 Å². The van der Waals surface area contributed by atoms with E-state index in [1.807, 2.05) is 37.3 Å². The van der Waals surface area contributed by atoms with Crippen LogP contribution in [0.15, 0.2) is 54.7 Å². The average molecular weight is 429 g/mol. The maximum absolute atomic E-state index is 13.5. The highest BCUT2D eigenvalue weighted by molar-refractivity contribution is 5.63. The maximum Gasteiger partial charge on any atom is 0.421 e. The number of nitrogens with one attached hydrogen (secondary N) is 2. The third-order valence-electron chi connectivity index (χ3n) is 4.90. The normalized spacial score (nSPS) is 11.4. The number of aryl methyl sites for hydroxylation is 2. The van der Waals surface area contributed by atoms with E-state index in [4.69, 9.17) is 0 Å². The molecule has 0 unspecified atom stereocenters. The van der Waals surface area contributed by atoms with Crippen LogP contribution in [-0.4, -0.2) is 9.97 Å². The molecule has 4 nitrogen and oxygen atoms in total. The van der Waals surface area contributed by atoms with Crippen LogP contribution in [0.3, 0.4) is 0 Å². The molecule has 0 amide bonds. The predicted octanol–water partition coefficient (Wildman–Crippen LogP) is 7.41. The Kier molecular flexibility index (Phi) is 7.50. The number of hydrogen-bond donors (Lipinski definition) is 2. The Morgan fingerprint density at radius 3 is 2.35 bits per heavy atom. The molecule has 0 atom stereocenters. The Labute approximate surface area is 181 Å². The molecule has 0 aliphatic rings. The summed E-state index contributed by atoms with van der Waals surface area (Å²) >= 11 is 0. The standard InChI is InChI=1S/C24H27F3N4/c1-3-4-5-6-9-18-11-13-19(14-12-18)29-22-21(24(25,26)27)16-28-23(31-22)30-20-10-7-8-17(2)15-20/h7-8,10-16H,3-6,9H2,1-2H3,(H2,28,29,30,31). The molecule has 0 aliphatic carbocycles. The van der Waals surface area contributed by atoms with Crippen molar-refractivity contribution in [1.82, 2.24) is 9.97 Å². The molecule has 0 fully saturated rings. The van der Waals surface area contributed by atoms with Crippen molar-refractivity contribution in [1.29, 1.82) is 0 Å². The minimum absolute atomic E-state index is 0.0913. The number of hydrogen-bond acceptors (Lipinski definition) is 4. The first kappa shape index (κ1) is 22.6. The van der Waals surface area contributed by atoms with Gasteiger partial charge in [-0.05, 0) is 55.2 Å². The molecule has 2 aromatic carbocycles. The molecule has 1 heterocycles. The molecule has 0 saturated carbocycles. The van der Waals surface area contributed by atoms with Gasteiger partial charge in [-0.3, -0.25) is 0 Å². The molecule has 7 heteroatoms. The topological polar surface area (TPSA) is 49.8 Å². The zero-order valence-electron chi connectivity index (χ0n) is 17.8. The summed E-state index contributed by atoms with van der Waals surface area (Å²) in [5.74, 6) is -0.193. The zero-order valence-corrected chi connectivity index (χ0v) is 17.8. The Morgan fingerprint density at radius 2 is 1.68 bits per heavy atom. The lowest BCUT2D eigenvalue weighted by molar-refractivity contribution is -0.137. The molecule has 0 aliphatic heterocycles. The number of rotatable bonds is 9. The molecule has 1 aromatic heterocycles. The van der Waals surface area contributed by atoms with Crippen molar-refractivity contribution in [3.63, 3.8) is 0 Å². The quantitative estimate of drug-likeness (QED) is 0.348. The third kappa shape index (κ3) is 6.70. The summed E-state index contributed by atoms with van der Waals surface area (Å²) in [6.45, 7) is 4.10. The van der Waals surface area contributed by atoms with Crippen LogP contribution in [0.4, 0.5) is 36.3 Å². The van der Waals surface area contributed by atoms with Gasteiger partial charge in [-0.1, -0.05) is 50.5 Å². The molecule has 2 N–H and O–H groups in total. The van der Waals surface area contributed by atoms with Gasteiger partial charge in [-0.15, -0.1) is 0 Å². The van der Waals surface area contributed by atoms with Gasteiger partial charge in [0, 0.05) is 17.6 Å². The van der Waals surface area contributed by atoms with Crippen molar-refractivity contribution in [2.24, 2.45) is 0 Å². The van der Waals surface area contributed by atoms with Gasteiger partial charge < -0.3 is 10.6 Å². The van der Waals surface area contributed by atoms with E-state index in [0.29, 0.717) is 11.4 Å². The number of nitrogens with zero attached hydrogens (tertiary/aromatic N) is 2. The van der Waals surface area contributed by atoms with Crippen molar-refractivity contribution >= 4 is 23.1 Å². The van der Waals surface area contributed by atoms with Crippen LogP contribution in [0, 0.1) is 6.92 Å². The van der Waals surface area contributed by atoms with Crippen LogP contribution in [0.5, 0.6) is 0 Å². The number of halogens is 3. The lowest BCUT2D eigenvalue weighted by Gasteiger charge is -2.15. The summed E-state index contributed by atoms with van der Waals surface area (Å²) < 4.78 is 40.5. The summed E-state index contributed by atoms with van der Waals surface area (Å²) in [7, 11) is 0. The van der Waals surface area contributed by atoms with Gasteiger partial charge in [0.2, 0.25) is 5.95 Å². The molecule has 0 saturated heterocycles. The molecular formula is C24H27F3N4. The summed E-state index contributed by atoms with van der Waals surface area (Å²) in [5.41, 5.74) is 2.53. The molecule has 164 valence electrons. The average Bonchev–Trinajstić information content (AvgIpc) is 2.72. The Hall–Kier alpha value is -3.09. The van der Waals surface area contributed by atoms with Crippen molar-refractivity contribution in [2.45, 2.75) is 52.1 Å². The molecular weight excluding hydrogens is 401 g/mol. The van der Waals surface area contributed by atoms with Crippen LogP contribution in [0.25, 0.3) is 0 Å². The van der Waals surface area contributed by atoms with Gasteiger partial charge >= 0.3 is 6.18 Å². The van der Waals surface area contributed by atoms with E-state index < -0.39 is 11.7 Å². The fraction of sp³-hybridized carbons (Fsp3) is 0.333. The van der Waals surface area contributed by atoms with Crippen LogP contribution in [-0.2, 0) is 12.6 Å². The zero-order chi connectivity index (χ0) is 22.3. The molecule has 0 bridgehead atoms. The number of benzene rings is 2. The second kappa shape index (κ2) is 10.3. The fourth-order valence-corrected chi connectivity index (χ4v) is 3.24. The Morgan fingerprint density at radius 1 is 0.903 bits per heavy atom. The summed E-state index contributed by atoms with van der Waals surface area (Å²) in [6.07, 6.45) is 1.89. The minimum atomic E-state index is -4.57. The second-order valence-corrected chi connectivity index (χ2v) is 7.58. The molecule has 0 spiro atoms. The van der Waals surface area contributed by atoms with Gasteiger partial charge in [0.15, 0.2) is 0 Å². The lowest BCUT2D eigenvalue weighted by atomic mass is 10.1. The van der Waals surface area contributed by atoms with E-state index >= 15 is 0 Å². The number of alkyl halides is 3. The highest BCUT2D eigenvalue weighted by Gasteiger charge is 2.35. The van der Waals surface area contributed by atoms with E-state index in [2.05, 4.69) is 27.5 Å². The first-order valence-corrected chi connectivity index (χ1v) is 10.5. The van der Waals surface area contributed by atoms with E-state index in [9.17, 15) is 13.2 Å². The van der Waals surface area contributed by atoms with Crippen LogP contribution in [0.2, 0.25) is 0 Å². The third-order valence-corrected chi connectivity index (χ3v) is 4.90. The summed E-state index contributed by atoms with van der Waals surface area (Å²) in [6, 6.07) is 14.9. The van der Waals surface area contributed by atoms with Gasteiger partial charge in [-0.2, -0.15) is 18.2 Å². The predicted molar refractivity (Wildman–Crippen MR) is 119 cm³/mol. The van der Waals surface area contributed by atoms with Crippen LogP contribution < -0.4 is 10.6 Å². The van der Waals surface area contributed by atoms with E-state index in [1.165, 1.54) is 24.8 Å². The number of aromatic nitrogens is 2. The van der Waals surface area contributed by atoms with Crippen molar-refractivity contribution in [2.75, 3.05) is 10.6 Å². The Bertz CT molecular complexity index is 985. The van der Waals surface area contributed by atoms with Gasteiger partial charge in [0.05, 0.1) is 0 Å². The SMILES string of the molecule is CCCCCCc1ccc(Nc2nc(Nc3cccc(C)c3)ncc2C(F)(F)F)cc1. The van der Waals surface area contributed by atoms with Crippen LogP contribution >= 0.6 is 0 Å². The second-order valence-electron chi connectivity index (χ2n) is 7.58. The van der Waals surface area contributed by atoms with E-state index in [-0.39, 0.29) is 11.8 Å². The lowest BCUT2D eigenvalue weighted by Crippen LogP contribution is -2.12. The summed E-state index contributed by atoms with van der Waals surface area (Å²) in [5, 5.41) is 5.77. The molecule has 3 aromatic rings. The van der Waals surface area contributed by atoms with E-state index in [0.717, 1.165) is 24.6 Å². The molecule has 3 rings (SSSR count). The molecule has 31 heavy (non-hydrogen) atoms. The van der Waals surface area contributed by atoms with Crippen molar-refractivity contribution in [3.8, 4) is 0 Å². The van der Waals surface area contributed by atoms with Crippen molar-refractivity contribution < 1.29 is 13.2 Å². The first-order valence-electron chi connectivity index (χ1n) is 10.5. The maximum atomic E-state index is 13.5. The largest absolute Gasteiger partial charge is 0.421 e. The highest BCUT2D eigenvalue weighted by atomic mass is 19.4. The number of unbranched alkanes of at least 4 members (excludes halogenated alkanes) is 3. The van der Waals surface area contributed by atoms with Gasteiger partial charge in [-0.25, -0.2) is 4.98 Å². The minimum Gasteiger partial charge on any atom is -0.340 e. The fourth-order valence-electron chi connectivity index (χ4n) is 3.24. The smallest absolute Gasteiger partial charge is 0.340 e. The first-order chi connectivity index (χ1) is 14.8. The highest BCUT2D eigenvalue weighted by Crippen LogP contribution is 2.35. The monoisotopic (exact) mass is 428 g/mol. The Balaban J connectivity index is 1.78.